The lowest BCUT2D eigenvalue weighted by Gasteiger charge is -1.82. The summed E-state index contributed by atoms with van der Waals surface area (Å²) in [6, 6.07) is 13.9. The van der Waals surface area contributed by atoms with Crippen LogP contribution in [0.4, 0.5) is 0 Å². The summed E-state index contributed by atoms with van der Waals surface area (Å²) in [5, 5.41) is 7.07. The number of benzene rings is 1. The second-order valence-electron chi connectivity index (χ2n) is 2.57. The van der Waals surface area contributed by atoms with Crippen molar-refractivity contribution in [2.24, 2.45) is 0 Å². The third-order valence-corrected chi connectivity index (χ3v) is 1.42. The highest BCUT2D eigenvalue weighted by molar-refractivity contribution is 5.11. The molecule has 13 heavy (non-hydrogen) atoms. The molecular weight excluding hydrogens is 160 g/mol. The van der Waals surface area contributed by atoms with Crippen molar-refractivity contribution in [2.45, 2.75) is 6.92 Å². The van der Waals surface area contributed by atoms with Crippen LogP contribution in [0.1, 0.15) is 5.56 Å². The van der Waals surface area contributed by atoms with Crippen LogP contribution < -0.4 is 0 Å². The van der Waals surface area contributed by atoms with E-state index in [1.165, 1.54) is 5.56 Å². The van der Waals surface area contributed by atoms with Gasteiger partial charge in [-0.3, -0.25) is 0 Å². The van der Waals surface area contributed by atoms with Gasteiger partial charge in [0, 0.05) is 12.4 Å². The average Bonchev–Trinajstić information content (AvgIpc) is 2.22. The van der Waals surface area contributed by atoms with Crippen molar-refractivity contribution in [1.29, 1.82) is 0 Å². The zero-order valence-electron chi connectivity index (χ0n) is 7.59. The summed E-state index contributed by atoms with van der Waals surface area (Å²) in [7, 11) is 0. The van der Waals surface area contributed by atoms with E-state index in [1.54, 1.807) is 12.4 Å². The van der Waals surface area contributed by atoms with Crippen LogP contribution in [-0.4, -0.2) is 10.2 Å². The summed E-state index contributed by atoms with van der Waals surface area (Å²) in [6.07, 6.45) is 3.28. The number of hydrogen-bond acceptors (Lipinski definition) is 2. The molecule has 0 aliphatic carbocycles. The van der Waals surface area contributed by atoms with Crippen LogP contribution in [0.2, 0.25) is 0 Å². The average molecular weight is 172 g/mol. The van der Waals surface area contributed by atoms with Gasteiger partial charge in [-0.25, -0.2) is 0 Å². The highest BCUT2D eigenvalue weighted by atomic mass is 15.1. The smallest absolute Gasteiger partial charge is 0.0496 e. The van der Waals surface area contributed by atoms with E-state index in [0.29, 0.717) is 0 Å². The molecule has 0 radical (unpaired) electrons. The van der Waals surface area contributed by atoms with E-state index in [-0.39, 0.29) is 0 Å². The molecule has 0 unspecified atom stereocenters. The number of aromatic nitrogens is 2. The van der Waals surface area contributed by atoms with Crippen molar-refractivity contribution in [1.82, 2.24) is 10.2 Å². The molecule has 2 heteroatoms. The van der Waals surface area contributed by atoms with Crippen molar-refractivity contribution in [2.75, 3.05) is 0 Å². The molecule has 0 aliphatic heterocycles. The first-order valence-electron chi connectivity index (χ1n) is 4.13. The van der Waals surface area contributed by atoms with Crippen molar-refractivity contribution in [3.63, 3.8) is 0 Å². The molecule has 2 aromatic rings. The van der Waals surface area contributed by atoms with Crippen molar-refractivity contribution in [3.8, 4) is 0 Å². The van der Waals surface area contributed by atoms with Crippen LogP contribution in [0.25, 0.3) is 0 Å². The first kappa shape index (κ1) is 9.39. The van der Waals surface area contributed by atoms with Gasteiger partial charge in [0.15, 0.2) is 0 Å². The maximum absolute atomic E-state index is 3.53. The summed E-state index contributed by atoms with van der Waals surface area (Å²) >= 11 is 0. The van der Waals surface area contributed by atoms with Crippen LogP contribution in [0.3, 0.4) is 0 Å². The van der Waals surface area contributed by atoms with Gasteiger partial charge in [-0.05, 0) is 19.1 Å². The van der Waals surface area contributed by atoms with Gasteiger partial charge in [0.2, 0.25) is 0 Å². The third kappa shape index (κ3) is 4.69. The maximum Gasteiger partial charge on any atom is 0.0496 e. The van der Waals surface area contributed by atoms with E-state index in [9.17, 15) is 0 Å². The van der Waals surface area contributed by atoms with Gasteiger partial charge in [0.05, 0.1) is 0 Å². The molecule has 2 rings (SSSR count). The zero-order valence-corrected chi connectivity index (χ0v) is 7.59. The van der Waals surface area contributed by atoms with E-state index >= 15 is 0 Å². The molecule has 1 aromatic heterocycles. The van der Waals surface area contributed by atoms with Gasteiger partial charge in [-0.2, -0.15) is 10.2 Å². The number of rotatable bonds is 0. The van der Waals surface area contributed by atoms with Crippen molar-refractivity contribution < 1.29 is 0 Å². The van der Waals surface area contributed by atoms with Gasteiger partial charge < -0.3 is 0 Å². The van der Waals surface area contributed by atoms with Crippen LogP contribution in [0, 0.1) is 6.92 Å². The van der Waals surface area contributed by atoms with Crippen LogP contribution >= 0.6 is 0 Å². The maximum atomic E-state index is 3.53. The lowest BCUT2D eigenvalue weighted by atomic mass is 10.2. The predicted molar refractivity (Wildman–Crippen MR) is 53.2 cm³/mol. The third-order valence-electron chi connectivity index (χ3n) is 1.42. The predicted octanol–water partition coefficient (Wildman–Crippen LogP) is 2.47. The Morgan fingerprint density at radius 2 is 1.31 bits per heavy atom. The van der Waals surface area contributed by atoms with Gasteiger partial charge >= 0.3 is 0 Å². The first-order valence-corrected chi connectivity index (χ1v) is 4.13. The summed E-state index contributed by atoms with van der Waals surface area (Å²) < 4.78 is 0. The van der Waals surface area contributed by atoms with Crippen LogP contribution in [0.15, 0.2) is 54.9 Å². The van der Waals surface area contributed by atoms with Gasteiger partial charge in [0.1, 0.15) is 0 Å². The molecule has 0 saturated heterocycles. The highest BCUT2D eigenvalue weighted by Crippen LogP contribution is 1.92. The standard InChI is InChI=1S/C7H8.C4H4N2/c1-7-5-3-2-4-6-7;1-2-4-6-5-3-1/h2-6H,1H3;1-4H. The molecule has 66 valence electrons. The SMILES string of the molecule is Cc1ccccc1.c1ccnnc1. The molecule has 1 heterocycles. The molecular formula is C11H12N2. The Balaban J connectivity index is 0.000000132. The minimum atomic E-state index is 1.32. The normalized spacial score (nSPS) is 8.38. The molecule has 0 aliphatic rings. The Hall–Kier alpha value is -1.70. The minimum Gasteiger partial charge on any atom is -0.159 e. The zero-order chi connectivity index (χ0) is 9.36. The summed E-state index contributed by atoms with van der Waals surface area (Å²) in [6.45, 7) is 2.08. The van der Waals surface area contributed by atoms with E-state index in [0.717, 1.165) is 0 Å². The second kappa shape index (κ2) is 5.89. The molecule has 2 nitrogen and oxygen atoms in total. The lowest BCUT2D eigenvalue weighted by Crippen LogP contribution is -1.69. The Morgan fingerprint density at radius 1 is 0.769 bits per heavy atom. The monoisotopic (exact) mass is 172 g/mol. The van der Waals surface area contributed by atoms with Gasteiger partial charge in [-0.15, -0.1) is 0 Å². The lowest BCUT2D eigenvalue weighted by molar-refractivity contribution is 1.03. The van der Waals surface area contributed by atoms with Crippen molar-refractivity contribution in [3.05, 3.63) is 60.4 Å². The van der Waals surface area contributed by atoms with Gasteiger partial charge in [0.25, 0.3) is 0 Å². The molecule has 0 saturated carbocycles. The summed E-state index contributed by atoms with van der Waals surface area (Å²) in [4.78, 5) is 0. The molecule has 0 bridgehead atoms. The Morgan fingerprint density at radius 3 is 1.54 bits per heavy atom. The fourth-order valence-electron chi connectivity index (χ4n) is 0.788. The van der Waals surface area contributed by atoms with Crippen LogP contribution in [0.5, 0.6) is 0 Å². The minimum absolute atomic E-state index is 1.32. The fourth-order valence-corrected chi connectivity index (χ4v) is 0.788. The molecule has 0 fully saturated rings. The van der Waals surface area contributed by atoms with E-state index in [2.05, 4.69) is 29.3 Å². The first-order chi connectivity index (χ1) is 6.39. The molecule has 1 aromatic carbocycles. The quantitative estimate of drug-likeness (QED) is 0.610. The Labute approximate surface area is 78.3 Å². The second-order valence-corrected chi connectivity index (χ2v) is 2.57. The Bertz CT molecular complexity index is 279. The number of hydrogen-bond donors (Lipinski definition) is 0. The molecule has 0 spiro atoms. The highest BCUT2D eigenvalue weighted by Gasteiger charge is 1.72. The summed E-state index contributed by atoms with van der Waals surface area (Å²) in [5.74, 6) is 0. The van der Waals surface area contributed by atoms with E-state index in [1.807, 2.05) is 30.3 Å². The van der Waals surface area contributed by atoms with E-state index in [4.69, 9.17) is 0 Å². The largest absolute Gasteiger partial charge is 0.159 e. The molecule has 0 N–H and O–H groups in total. The van der Waals surface area contributed by atoms with Crippen LogP contribution in [-0.2, 0) is 0 Å². The molecule has 0 atom stereocenters. The number of aryl methyl sites for hydroxylation is 1. The Kier molecular flexibility index (Phi) is 4.25. The topological polar surface area (TPSA) is 25.8 Å². The van der Waals surface area contributed by atoms with Crippen molar-refractivity contribution >= 4 is 0 Å². The number of nitrogens with zero attached hydrogens (tertiary/aromatic N) is 2. The van der Waals surface area contributed by atoms with E-state index < -0.39 is 0 Å². The van der Waals surface area contributed by atoms with Gasteiger partial charge in [-0.1, -0.05) is 35.9 Å². The fraction of sp³-hybridized carbons (Fsp3) is 0.0909. The summed E-state index contributed by atoms with van der Waals surface area (Å²) in [5.41, 5.74) is 1.32. The molecule has 0 amide bonds.